The molecule has 0 radical (unpaired) electrons. The predicted molar refractivity (Wildman–Crippen MR) is 128 cm³/mol. The maximum Gasteiger partial charge on any atom is 0.251 e. The first-order valence-electron chi connectivity index (χ1n) is 11.4. The van der Waals surface area contributed by atoms with Gasteiger partial charge >= 0.3 is 0 Å². The third kappa shape index (κ3) is 5.14. The second kappa shape index (κ2) is 9.69. The van der Waals surface area contributed by atoms with Crippen LogP contribution in [-0.4, -0.2) is 54.6 Å². The zero-order chi connectivity index (χ0) is 23.7. The Labute approximate surface area is 198 Å². The Hall–Kier alpha value is -2.65. The third-order valence-electron chi connectivity index (χ3n) is 6.56. The Balaban J connectivity index is 1.47. The second-order valence-electron chi connectivity index (χ2n) is 9.06. The number of aromatic nitrogens is 4. The van der Waals surface area contributed by atoms with Crippen molar-refractivity contribution in [1.82, 2.24) is 24.4 Å². The number of imidazole rings is 1. The van der Waals surface area contributed by atoms with Crippen LogP contribution in [0.2, 0.25) is 0 Å². The number of likely N-dealkylation sites (tertiary alicyclic amines) is 1. The number of H-pyrrole nitrogens is 1. The highest BCUT2D eigenvalue weighted by Crippen LogP contribution is 2.31. The van der Waals surface area contributed by atoms with E-state index in [1.165, 1.54) is 23.6 Å². The van der Waals surface area contributed by atoms with Gasteiger partial charge in [-0.2, -0.15) is 0 Å². The number of aryl methyl sites for hydroxylation is 4. The average Bonchev–Trinajstić information content (AvgIpc) is 3.21. The molecule has 3 aromatic rings. The van der Waals surface area contributed by atoms with Crippen LogP contribution in [0.25, 0.3) is 11.2 Å². The van der Waals surface area contributed by atoms with E-state index >= 15 is 0 Å². The van der Waals surface area contributed by atoms with Gasteiger partial charge in [-0.1, -0.05) is 17.8 Å². The number of piperidine rings is 1. The highest BCUT2D eigenvalue weighted by Gasteiger charge is 2.25. The van der Waals surface area contributed by atoms with Crippen LogP contribution in [-0.2, 0) is 11.3 Å². The number of benzene rings is 1. The Bertz CT molecular complexity index is 1220. The van der Waals surface area contributed by atoms with Crippen molar-refractivity contribution in [3.8, 4) is 0 Å². The molecule has 33 heavy (non-hydrogen) atoms. The summed E-state index contributed by atoms with van der Waals surface area (Å²) in [5, 5.41) is 18.5. The van der Waals surface area contributed by atoms with Crippen LogP contribution in [0.4, 0.5) is 0 Å². The number of nitrogens with one attached hydrogen (secondary N) is 2. The molecule has 9 heteroatoms. The fraction of sp³-hybridized carbons (Fsp3) is 0.500. The van der Waals surface area contributed by atoms with Crippen LogP contribution in [0, 0.1) is 32.1 Å². The molecular formula is C24H32N6O2S. The zero-order valence-electron chi connectivity index (χ0n) is 19.7. The van der Waals surface area contributed by atoms with Gasteiger partial charge in [0, 0.05) is 24.5 Å². The summed E-state index contributed by atoms with van der Waals surface area (Å²) < 4.78 is 2.02. The molecular weight excluding hydrogens is 436 g/mol. The predicted octanol–water partition coefficient (Wildman–Crippen LogP) is 3.32. The number of aliphatic hydroxyl groups excluding tert-OH is 1. The van der Waals surface area contributed by atoms with Gasteiger partial charge in [-0.25, -0.2) is 9.97 Å². The average molecular weight is 469 g/mol. The first-order chi connectivity index (χ1) is 15.7. The van der Waals surface area contributed by atoms with E-state index < -0.39 is 6.10 Å². The normalized spacial score (nSPS) is 15.8. The number of aliphatic hydroxyl groups is 1. The number of rotatable bonds is 6. The van der Waals surface area contributed by atoms with E-state index in [0.717, 1.165) is 41.5 Å². The van der Waals surface area contributed by atoms with Crippen molar-refractivity contribution in [3.63, 3.8) is 0 Å². The van der Waals surface area contributed by atoms with E-state index in [1.54, 1.807) is 23.0 Å². The van der Waals surface area contributed by atoms with Crippen LogP contribution in [0.5, 0.6) is 0 Å². The van der Waals surface area contributed by atoms with E-state index in [0.29, 0.717) is 24.5 Å². The molecule has 1 aliphatic rings. The largest absolute Gasteiger partial charge is 0.384 e. The van der Waals surface area contributed by atoms with Gasteiger partial charge in [0.15, 0.2) is 16.3 Å². The first kappa shape index (κ1) is 23.5. The van der Waals surface area contributed by atoms with Crippen LogP contribution < -0.4 is 5.49 Å². The van der Waals surface area contributed by atoms with Gasteiger partial charge in [-0.15, -0.1) is 0 Å². The molecule has 0 aliphatic carbocycles. The number of carbonyl (C=O) groups is 1. The molecule has 0 saturated carbocycles. The fourth-order valence-electron chi connectivity index (χ4n) is 4.35. The summed E-state index contributed by atoms with van der Waals surface area (Å²) in [4.78, 5) is 27.3. The molecule has 1 aliphatic heterocycles. The van der Waals surface area contributed by atoms with Crippen molar-refractivity contribution in [2.75, 3.05) is 13.1 Å². The van der Waals surface area contributed by atoms with Gasteiger partial charge in [-0.3, -0.25) is 10.2 Å². The van der Waals surface area contributed by atoms with Crippen molar-refractivity contribution >= 4 is 28.8 Å². The SMILES string of the molecule is Cc1cc(C)c(Sc2nc3c([nH]2)c(=N)ncn3CCC2CCN(C(=O)C(C)O)CC2)cc1C. The molecule has 1 saturated heterocycles. The minimum Gasteiger partial charge on any atom is -0.384 e. The molecule has 1 atom stereocenters. The molecule has 1 aromatic carbocycles. The Morgan fingerprint density at radius 2 is 1.94 bits per heavy atom. The van der Waals surface area contributed by atoms with E-state index in [9.17, 15) is 9.90 Å². The van der Waals surface area contributed by atoms with Crippen LogP contribution >= 0.6 is 11.8 Å². The number of hydrogen-bond donors (Lipinski definition) is 3. The summed E-state index contributed by atoms with van der Waals surface area (Å²) in [5.74, 6) is 0.326. The van der Waals surface area contributed by atoms with Crippen molar-refractivity contribution < 1.29 is 9.90 Å². The minimum atomic E-state index is -0.931. The van der Waals surface area contributed by atoms with Gasteiger partial charge in [0.05, 0.1) is 6.33 Å². The summed E-state index contributed by atoms with van der Waals surface area (Å²) >= 11 is 1.58. The molecule has 4 rings (SSSR count). The van der Waals surface area contributed by atoms with Crippen LogP contribution in [0.15, 0.2) is 28.5 Å². The number of hydrogen-bond acceptors (Lipinski definition) is 6. The maximum absolute atomic E-state index is 12.0. The lowest BCUT2D eigenvalue weighted by atomic mass is 9.93. The van der Waals surface area contributed by atoms with E-state index in [-0.39, 0.29) is 11.4 Å². The van der Waals surface area contributed by atoms with E-state index in [4.69, 9.17) is 10.4 Å². The molecule has 3 heterocycles. The van der Waals surface area contributed by atoms with Gasteiger partial charge < -0.3 is 19.6 Å². The summed E-state index contributed by atoms with van der Waals surface area (Å²) in [6.07, 6.45) is 3.59. The summed E-state index contributed by atoms with van der Waals surface area (Å²) in [6, 6.07) is 4.38. The molecule has 2 aromatic heterocycles. The summed E-state index contributed by atoms with van der Waals surface area (Å²) in [6.45, 7) is 10.0. The van der Waals surface area contributed by atoms with Crippen molar-refractivity contribution in [2.45, 2.75) is 69.7 Å². The Kier molecular flexibility index (Phi) is 6.90. The number of aromatic amines is 1. The number of nitrogens with zero attached hydrogens (tertiary/aromatic N) is 4. The van der Waals surface area contributed by atoms with Gasteiger partial charge in [-0.05, 0) is 75.6 Å². The Morgan fingerprint density at radius 1 is 1.24 bits per heavy atom. The molecule has 8 nitrogen and oxygen atoms in total. The van der Waals surface area contributed by atoms with Gasteiger partial charge in [0.2, 0.25) is 0 Å². The summed E-state index contributed by atoms with van der Waals surface area (Å²) in [5.41, 5.74) is 5.33. The van der Waals surface area contributed by atoms with E-state index in [2.05, 4.69) is 42.9 Å². The fourth-order valence-corrected chi connectivity index (χ4v) is 5.30. The molecule has 1 fully saturated rings. The number of amides is 1. The van der Waals surface area contributed by atoms with Crippen molar-refractivity contribution in [1.29, 1.82) is 5.41 Å². The molecule has 0 spiro atoms. The molecule has 176 valence electrons. The van der Waals surface area contributed by atoms with Crippen LogP contribution in [0.1, 0.15) is 42.9 Å². The first-order valence-corrected chi connectivity index (χ1v) is 12.3. The second-order valence-corrected chi connectivity index (χ2v) is 10.1. The lowest BCUT2D eigenvalue weighted by molar-refractivity contribution is -0.140. The van der Waals surface area contributed by atoms with E-state index in [1.807, 2.05) is 4.57 Å². The quantitative estimate of drug-likeness (QED) is 0.514. The Morgan fingerprint density at radius 3 is 2.64 bits per heavy atom. The molecule has 1 unspecified atom stereocenters. The topological polar surface area (TPSA) is 111 Å². The van der Waals surface area contributed by atoms with Gasteiger partial charge in [0.25, 0.3) is 5.91 Å². The van der Waals surface area contributed by atoms with Crippen LogP contribution in [0.3, 0.4) is 0 Å². The highest BCUT2D eigenvalue weighted by molar-refractivity contribution is 7.99. The number of fused-ring (bicyclic) bond motifs is 1. The van der Waals surface area contributed by atoms with Crippen molar-refractivity contribution in [2.24, 2.45) is 5.92 Å². The van der Waals surface area contributed by atoms with Gasteiger partial charge in [0.1, 0.15) is 11.6 Å². The van der Waals surface area contributed by atoms with Crippen molar-refractivity contribution in [3.05, 3.63) is 40.6 Å². The third-order valence-corrected chi connectivity index (χ3v) is 7.60. The lowest BCUT2D eigenvalue weighted by Gasteiger charge is -2.32. The standard InChI is InChI=1S/C24H32N6O2S/c1-14-11-16(3)19(12-15(14)2)33-24-27-20-21(25)26-13-30(22(20)28-24)10-7-18-5-8-29(9-6-18)23(32)17(4)31/h11-13,17-18,25,31H,5-10H2,1-4H3,(H,27,28). The minimum absolute atomic E-state index is 0.180. The molecule has 0 bridgehead atoms. The lowest BCUT2D eigenvalue weighted by Crippen LogP contribution is -2.43. The molecule has 3 N–H and O–H groups in total. The zero-order valence-corrected chi connectivity index (χ0v) is 20.5. The number of carbonyl (C=O) groups excluding carboxylic acids is 1. The monoisotopic (exact) mass is 468 g/mol. The molecule has 1 amide bonds. The summed E-state index contributed by atoms with van der Waals surface area (Å²) in [7, 11) is 0. The maximum atomic E-state index is 12.0. The highest BCUT2D eigenvalue weighted by atomic mass is 32.2. The smallest absolute Gasteiger partial charge is 0.251 e.